The molecule has 0 atom stereocenters. The van der Waals surface area contributed by atoms with Gasteiger partial charge in [-0.1, -0.05) is 0 Å². The van der Waals surface area contributed by atoms with Crippen molar-refractivity contribution in [3.63, 3.8) is 0 Å². The summed E-state index contributed by atoms with van der Waals surface area (Å²) in [7, 11) is 0. The van der Waals surface area contributed by atoms with E-state index in [1.165, 1.54) is 24.5 Å². The van der Waals surface area contributed by atoms with Crippen molar-refractivity contribution in [1.29, 1.82) is 0 Å². The van der Waals surface area contributed by atoms with E-state index in [0.717, 1.165) is 0 Å². The number of nitrogens with zero attached hydrogens (tertiary/aromatic N) is 1. The third kappa shape index (κ3) is 2.43. The van der Waals surface area contributed by atoms with Gasteiger partial charge in [-0.15, -0.1) is 0 Å². The molecule has 2 heterocycles. The van der Waals surface area contributed by atoms with Crippen LogP contribution in [-0.4, -0.2) is 31.9 Å². The Balaban J connectivity index is 2.12. The van der Waals surface area contributed by atoms with Crippen LogP contribution in [0.15, 0.2) is 29.3 Å². The van der Waals surface area contributed by atoms with Gasteiger partial charge in [0.15, 0.2) is 0 Å². The number of nitrogens with one attached hydrogen (secondary N) is 3. The molecule has 0 fully saturated rings. The van der Waals surface area contributed by atoms with Crippen molar-refractivity contribution < 1.29 is 14.7 Å². The zero-order chi connectivity index (χ0) is 13.1. The number of imidazole rings is 1. The van der Waals surface area contributed by atoms with Gasteiger partial charge in [0.25, 0.3) is 5.91 Å². The van der Waals surface area contributed by atoms with Gasteiger partial charge in [-0.25, -0.2) is 14.6 Å². The highest BCUT2D eigenvalue weighted by Gasteiger charge is 2.09. The molecule has 8 heteroatoms. The second-order valence-corrected chi connectivity index (χ2v) is 3.35. The summed E-state index contributed by atoms with van der Waals surface area (Å²) in [5.41, 5.74) is -0.211. The first-order valence-electron chi connectivity index (χ1n) is 4.84. The zero-order valence-electron chi connectivity index (χ0n) is 8.93. The molecule has 2 rings (SSSR count). The third-order valence-electron chi connectivity index (χ3n) is 2.08. The fourth-order valence-corrected chi connectivity index (χ4v) is 1.25. The molecule has 0 aliphatic rings. The molecule has 8 nitrogen and oxygen atoms in total. The third-order valence-corrected chi connectivity index (χ3v) is 2.08. The lowest BCUT2D eigenvalue weighted by Gasteiger charge is -2.02. The molecule has 0 bridgehead atoms. The molecule has 4 N–H and O–H groups in total. The predicted molar refractivity (Wildman–Crippen MR) is 60.6 cm³/mol. The number of aromatic nitrogens is 3. The van der Waals surface area contributed by atoms with Crippen LogP contribution in [0, 0.1) is 0 Å². The largest absolute Gasteiger partial charge is 0.477 e. The van der Waals surface area contributed by atoms with E-state index in [1.54, 1.807) is 0 Å². The van der Waals surface area contributed by atoms with Gasteiger partial charge in [0.1, 0.15) is 11.4 Å². The maximum atomic E-state index is 11.6. The molecule has 0 saturated heterocycles. The molecular formula is C10H8N4O4. The van der Waals surface area contributed by atoms with E-state index in [9.17, 15) is 14.4 Å². The van der Waals surface area contributed by atoms with Crippen molar-refractivity contribution in [3.8, 4) is 0 Å². The quantitative estimate of drug-likeness (QED) is 0.610. The van der Waals surface area contributed by atoms with Crippen LogP contribution in [0.3, 0.4) is 0 Å². The monoisotopic (exact) mass is 248 g/mol. The summed E-state index contributed by atoms with van der Waals surface area (Å²) >= 11 is 0. The highest BCUT2D eigenvalue weighted by molar-refractivity contribution is 6.02. The van der Waals surface area contributed by atoms with Crippen LogP contribution >= 0.6 is 0 Å². The Morgan fingerprint density at radius 3 is 2.61 bits per heavy atom. The normalized spacial score (nSPS) is 10.0. The SMILES string of the molecule is O=C(O)c1ccc(NC(=O)c2c[nH]c(=O)[nH]2)cn1. The molecule has 0 spiro atoms. The van der Waals surface area contributed by atoms with Crippen LogP contribution in [-0.2, 0) is 0 Å². The second kappa shape index (κ2) is 4.53. The van der Waals surface area contributed by atoms with Gasteiger partial charge in [-0.3, -0.25) is 4.79 Å². The number of aromatic amines is 2. The van der Waals surface area contributed by atoms with E-state index in [4.69, 9.17) is 5.11 Å². The molecule has 0 aromatic carbocycles. The van der Waals surface area contributed by atoms with Crippen molar-refractivity contribution in [1.82, 2.24) is 15.0 Å². The number of carboxylic acid groups (broad SMARTS) is 1. The van der Waals surface area contributed by atoms with Gasteiger partial charge in [-0.2, -0.15) is 0 Å². The molecule has 2 aromatic rings. The lowest BCUT2D eigenvalue weighted by atomic mass is 10.3. The lowest BCUT2D eigenvalue weighted by molar-refractivity contribution is 0.0690. The number of carboxylic acids is 1. The summed E-state index contributed by atoms with van der Waals surface area (Å²) in [6.45, 7) is 0. The smallest absolute Gasteiger partial charge is 0.354 e. The minimum Gasteiger partial charge on any atom is -0.477 e. The Labute approximate surface area is 99.7 Å². The van der Waals surface area contributed by atoms with Gasteiger partial charge >= 0.3 is 11.7 Å². The number of amides is 1. The summed E-state index contributed by atoms with van der Waals surface area (Å²) in [4.78, 5) is 41.2. The molecule has 0 saturated carbocycles. The van der Waals surface area contributed by atoms with Crippen LogP contribution in [0.4, 0.5) is 5.69 Å². The average Bonchev–Trinajstić information content (AvgIpc) is 2.76. The van der Waals surface area contributed by atoms with Crippen LogP contribution in [0.25, 0.3) is 0 Å². The number of hydrogen-bond acceptors (Lipinski definition) is 4. The van der Waals surface area contributed by atoms with E-state index in [1.807, 2.05) is 0 Å². The summed E-state index contributed by atoms with van der Waals surface area (Å²) in [5, 5.41) is 11.1. The lowest BCUT2D eigenvalue weighted by Crippen LogP contribution is -2.14. The summed E-state index contributed by atoms with van der Waals surface area (Å²) in [5.74, 6) is -1.68. The van der Waals surface area contributed by atoms with E-state index >= 15 is 0 Å². The number of pyridine rings is 1. The van der Waals surface area contributed by atoms with Gasteiger partial charge in [-0.05, 0) is 12.1 Å². The van der Waals surface area contributed by atoms with Crippen LogP contribution in [0.5, 0.6) is 0 Å². The van der Waals surface area contributed by atoms with Crippen LogP contribution < -0.4 is 11.0 Å². The molecule has 0 aliphatic carbocycles. The number of hydrogen-bond donors (Lipinski definition) is 4. The molecule has 0 aliphatic heterocycles. The van der Waals surface area contributed by atoms with E-state index < -0.39 is 17.6 Å². The number of aromatic carboxylic acids is 1. The highest BCUT2D eigenvalue weighted by Crippen LogP contribution is 2.07. The van der Waals surface area contributed by atoms with Crippen molar-refractivity contribution >= 4 is 17.6 Å². The maximum absolute atomic E-state index is 11.6. The standard InChI is InChI=1S/C10H8N4O4/c15-8(7-4-12-10(18)14-7)13-5-1-2-6(9(16)17)11-3-5/h1-4H,(H,13,15)(H,16,17)(H2,12,14,18). The summed E-state index contributed by atoms with van der Waals surface area (Å²) < 4.78 is 0. The van der Waals surface area contributed by atoms with Crippen LogP contribution in [0.1, 0.15) is 21.0 Å². The summed E-state index contributed by atoms with van der Waals surface area (Å²) in [6.07, 6.45) is 2.45. The number of rotatable bonds is 3. The van der Waals surface area contributed by atoms with E-state index in [0.29, 0.717) is 5.69 Å². The molecule has 92 valence electrons. The Morgan fingerprint density at radius 2 is 2.11 bits per heavy atom. The molecule has 2 aromatic heterocycles. The number of H-pyrrole nitrogens is 2. The van der Waals surface area contributed by atoms with Crippen molar-refractivity contribution in [3.05, 3.63) is 46.4 Å². The highest BCUT2D eigenvalue weighted by atomic mass is 16.4. The van der Waals surface area contributed by atoms with Crippen molar-refractivity contribution in [2.24, 2.45) is 0 Å². The fraction of sp³-hybridized carbons (Fsp3) is 0. The van der Waals surface area contributed by atoms with Gasteiger partial charge < -0.3 is 20.4 Å². The molecule has 0 radical (unpaired) electrons. The predicted octanol–water partition coefficient (Wildman–Crippen LogP) is 0.0485. The molecule has 18 heavy (non-hydrogen) atoms. The number of anilines is 1. The van der Waals surface area contributed by atoms with Gasteiger partial charge in [0, 0.05) is 6.20 Å². The molecule has 0 unspecified atom stereocenters. The van der Waals surface area contributed by atoms with Gasteiger partial charge in [0.2, 0.25) is 0 Å². The van der Waals surface area contributed by atoms with Crippen molar-refractivity contribution in [2.75, 3.05) is 5.32 Å². The molecular weight excluding hydrogens is 240 g/mol. The van der Waals surface area contributed by atoms with E-state index in [2.05, 4.69) is 20.3 Å². The Kier molecular flexibility index (Phi) is 2.92. The number of carbonyl (C=O) groups excluding carboxylic acids is 1. The maximum Gasteiger partial charge on any atom is 0.354 e. The Hall–Kier alpha value is -2.90. The fourth-order valence-electron chi connectivity index (χ4n) is 1.25. The van der Waals surface area contributed by atoms with E-state index in [-0.39, 0.29) is 11.4 Å². The minimum absolute atomic E-state index is 0.0716. The van der Waals surface area contributed by atoms with Gasteiger partial charge in [0.05, 0.1) is 11.9 Å². The molecule has 1 amide bonds. The topological polar surface area (TPSA) is 128 Å². The van der Waals surface area contributed by atoms with Crippen LogP contribution in [0.2, 0.25) is 0 Å². The first kappa shape index (κ1) is 11.6. The Bertz CT molecular complexity index is 640. The first-order chi connectivity index (χ1) is 8.56. The second-order valence-electron chi connectivity index (χ2n) is 3.35. The minimum atomic E-state index is -1.15. The number of carbonyl (C=O) groups is 2. The first-order valence-corrected chi connectivity index (χ1v) is 4.84. The zero-order valence-corrected chi connectivity index (χ0v) is 8.93. The van der Waals surface area contributed by atoms with Crippen molar-refractivity contribution in [2.45, 2.75) is 0 Å². The average molecular weight is 248 g/mol. The summed E-state index contributed by atoms with van der Waals surface area (Å²) in [6, 6.07) is 2.66. The Morgan fingerprint density at radius 1 is 1.33 bits per heavy atom.